The monoisotopic (exact) mass is 279 g/mol. The predicted molar refractivity (Wildman–Crippen MR) is 82.5 cm³/mol. The van der Waals surface area contributed by atoms with Gasteiger partial charge in [-0.15, -0.1) is 0 Å². The van der Waals surface area contributed by atoms with Crippen molar-refractivity contribution in [3.63, 3.8) is 0 Å². The van der Waals surface area contributed by atoms with Gasteiger partial charge in [0.25, 0.3) is 0 Å². The molecule has 1 saturated heterocycles. The topological polar surface area (TPSA) is 35.6 Å². The van der Waals surface area contributed by atoms with E-state index in [1.54, 1.807) is 0 Å². The van der Waals surface area contributed by atoms with Gasteiger partial charge in [0.15, 0.2) is 0 Å². The number of carbonyl (C=O) groups is 1. The Bertz CT molecular complexity index is 348. The summed E-state index contributed by atoms with van der Waals surface area (Å²) in [5.41, 5.74) is 1.22. The molecular weight excluding hydrogens is 250 g/mol. The zero-order chi connectivity index (χ0) is 14.4. The molecule has 1 aliphatic heterocycles. The van der Waals surface area contributed by atoms with Gasteiger partial charge < -0.3 is 10.2 Å². The van der Waals surface area contributed by atoms with Crippen LogP contribution in [0.3, 0.4) is 0 Å². The molecule has 1 aliphatic carbocycles. The first kappa shape index (κ1) is 15.5. The van der Waals surface area contributed by atoms with E-state index in [0.717, 1.165) is 38.9 Å². The third-order valence-corrected chi connectivity index (χ3v) is 4.50. The van der Waals surface area contributed by atoms with Gasteiger partial charge in [-0.2, -0.15) is 0 Å². The average Bonchev–Trinajstić information content (AvgIpc) is 3.01. The van der Waals surface area contributed by atoms with E-state index in [2.05, 4.69) is 23.2 Å². The minimum absolute atomic E-state index is 0.255. The summed E-state index contributed by atoms with van der Waals surface area (Å²) >= 11 is 0. The molecule has 1 heterocycles. The Hall–Kier alpha value is -0.870. The number of allylic oxidation sites excluding steroid dienone is 2. The maximum atomic E-state index is 12.5. The molecule has 1 amide bonds. The summed E-state index contributed by atoms with van der Waals surface area (Å²) in [5, 5.41) is 3.40. The maximum Gasteiger partial charge on any atom is 0.240 e. The molecule has 2 rings (SSSR count). The third-order valence-electron chi connectivity index (χ3n) is 4.50. The Kier molecular flexibility index (Phi) is 6.05. The Morgan fingerprint density at radius 3 is 2.75 bits per heavy atom. The van der Waals surface area contributed by atoms with E-state index in [4.69, 9.17) is 0 Å². The van der Waals surface area contributed by atoms with Crippen LogP contribution >= 0.6 is 0 Å². The second-order valence-electron chi connectivity index (χ2n) is 5.99. The quantitative estimate of drug-likeness (QED) is 0.807. The largest absolute Gasteiger partial charge is 0.318 e. The highest BCUT2D eigenvalue weighted by Gasteiger charge is 2.24. The summed E-state index contributed by atoms with van der Waals surface area (Å²) in [5.74, 6) is 0.255. The molecule has 0 aromatic rings. The van der Waals surface area contributed by atoms with Crippen molar-refractivity contribution >= 4 is 5.91 Å². The van der Waals surface area contributed by atoms with Gasteiger partial charge in [0.05, 0.1) is 6.54 Å². The minimum atomic E-state index is 0.255. The Balaban J connectivity index is 1.90. The van der Waals surface area contributed by atoms with Crippen molar-refractivity contribution in [2.75, 3.05) is 33.2 Å². The van der Waals surface area contributed by atoms with Crippen molar-refractivity contribution in [3.8, 4) is 0 Å². The number of likely N-dealkylation sites (N-methyl/N-ethyl adjacent to an activating group) is 1. The van der Waals surface area contributed by atoms with Gasteiger partial charge in [-0.05, 0) is 58.2 Å². The molecule has 0 radical (unpaired) electrons. The minimum Gasteiger partial charge on any atom is -0.318 e. The van der Waals surface area contributed by atoms with Crippen LogP contribution in [0, 0.1) is 0 Å². The Labute approximate surface area is 123 Å². The molecule has 0 atom stereocenters. The molecule has 1 fully saturated rings. The van der Waals surface area contributed by atoms with E-state index in [1.165, 1.54) is 25.0 Å². The van der Waals surface area contributed by atoms with Crippen LogP contribution in [0.15, 0.2) is 11.8 Å². The van der Waals surface area contributed by atoms with Gasteiger partial charge >= 0.3 is 0 Å². The predicted octanol–water partition coefficient (Wildman–Crippen LogP) is 1.98. The first-order valence-electron chi connectivity index (χ1n) is 8.12. The normalized spacial score (nSPS) is 20.2. The van der Waals surface area contributed by atoms with Gasteiger partial charge in [0.2, 0.25) is 5.91 Å². The SMILES string of the molecule is CCCN(CC(=O)N(C)C1=CCCC1)C1CCNCC1. The lowest BCUT2D eigenvalue weighted by atomic mass is 10.0. The highest BCUT2D eigenvalue weighted by Crippen LogP contribution is 2.21. The maximum absolute atomic E-state index is 12.5. The number of rotatable bonds is 6. The van der Waals surface area contributed by atoms with Crippen LogP contribution < -0.4 is 5.32 Å². The molecule has 114 valence electrons. The van der Waals surface area contributed by atoms with Crippen LogP contribution in [-0.4, -0.2) is 55.0 Å². The van der Waals surface area contributed by atoms with Gasteiger partial charge in [0.1, 0.15) is 0 Å². The van der Waals surface area contributed by atoms with E-state index in [-0.39, 0.29) is 5.91 Å². The molecule has 4 nitrogen and oxygen atoms in total. The second kappa shape index (κ2) is 7.79. The zero-order valence-corrected chi connectivity index (χ0v) is 13.0. The lowest BCUT2D eigenvalue weighted by Crippen LogP contribution is -2.47. The standard InChI is InChI=1S/C16H29N3O/c1-3-12-19(15-8-10-17-11-9-15)13-16(20)18(2)14-6-4-5-7-14/h6,15,17H,3-5,7-13H2,1-2H3. The molecule has 0 saturated carbocycles. The van der Waals surface area contributed by atoms with Crippen molar-refractivity contribution in [1.29, 1.82) is 0 Å². The molecule has 0 spiro atoms. The molecule has 4 heteroatoms. The summed E-state index contributed by atoms with van der Waals surface area (Å²) < 4.78 is 0. The number of piperidine rings is 1. The molecule has 2 aliphatic rings. The first-order valence-corrected chi connectivity index (χ1v) is 8.12. The molecule has 0 unspecified atom stereocenters. The fourth-order valence-electron chi connectivity index (χ4n) is 3.25. The zero-order valence-electron chi connectivity index (χ0n) is 13.0. The molecule has 0 bridgehead atoms. The van der Waals surface area contributed by atoms with Gasteiger partial charge in [-0.25, -0.2) is 0 Å². The van der Waals surface area contributed by atoms with Gasteiger partial charge in [0, 0.05) is 18.8 Å². The summed E-state index contributed by atoms with van der Waals surface area (Å²) in [6, 6.07) is 0.575. The second-order valence-corrected chi connectivity index (χ2v) is 5.99. The summed E-state index contributed by atoms with van der Waals surface area (Å²) in [6.45, 7) is 5.97. The highest BCUT2D eigenvalue weighted by atomic mass is 16.2. The van der Waals surface area contributed by atoms with E-state index in [9.17, 15) is 4.79 Å². The number of nitrogens with zero attached hydrogens (tertiary/aromatic N) is 2. The summed E-state index contributed by atoms with van der Waals surface area (Å²) in [7, 11) is 1.94. The van der Waals surface area contributed by atoms with Crippen LogP contribution in [0.5, 0.6) is 0 Å². The Morgan fingerprint density at radius 2 is 2.15 bits per heavy atom. The highest BCUT2D eigenvalue weighted by molar-refractivity contribution is 5.79. The molecule has 0 aromatic heterocycles. The fourth-order valence-corrected chi connectivity index (χ4v) is 3.25. The van der Waals surface area contributed by atoms with Crippen molar-refractivity contribution < 1.29 is 4.79 Å². The number of carbonyl (C=O) groups excluding carboxylic acids is 1. The summed E-state index contributed by atoms with van der Waals surface area (Å²) in [4.78, 5) is 16.8. The smallest absolute Gasteiger partial charge is 0.240 e. The van der Waals surface area contributed by atoms with E-state index < -0.39 is 0 Å². The molecule has 1 N–H and O–H groups in total. The van der Waals surface area contributed by atoms with Gasteiger partial charge in [-0.1, -0.05) is 13.0 Å². The number of hydrogen-bond donors (Lipinski definition) is 1. The molecular formula is C16H29N3O. The third kappa shape index (κ3) is 4.06. The van der Waals surface area contributed by atoms with Crippen molar-refractivity contribution in [2.45, 2.75) is 51.5 Å². The van der Waals surface area contributed by atoms with E-state index in [0.29, 0.717) is 12.6 Å². The number of nitrogens with one attached hydrogen (secondary N) is 1. The lowest BCUT2D eigenvalue weighted by molar-refractivity contribution is -0.130. The number of hydrogen-bond acceptors (Lipinski definition) is 3. The summed E-state index contributed by atoms with van der Waals surface area (Å²) in [6.07, 6.45) is 9.04. The Morgan fingerprint density at radius 1 is 1.40 bits per heavy atom. The average molecular weight is 279 g/mol. The lowest BCUT2D eigenvalue weighted by Gasteiger charge is -2.35. The van der Waals surface area contributed by atoms with Crippen LogP contribution in [0.1, 0.15) is 45.4 Å². The molecule has 20 heavy (non-hydrogen) atoms. The van der Waals surface area contributed by atoms with Crippen LogP contribution in [0.25, 0.3) is 0 Å². The molecule has 0 aromatic carbocycles. The van der Waals surface area contributed by atoms with Crippen molar-refractivity contribution in [2.24, 2.45) is 0 Å². The van der Waals surface area contributed by atoms with Crippen LogP contribution in [0.2, 0.25) is 0 Å². The van der Waals surface area contributed by atoms with Crippen molar-refractivity contribution in [1.82, 2.24) is 15.1 Å². The van der Waals surface area contributed by atoms with Gasteiger partial charge in [-0.3, -0.25) is 9.69 Å². The van der Waals surface area contributed by atoms with Crippen molar-refractivity contribution in [3.05, 3.63) is 11.8 Å². The van der Waals surface area contributed by atoms with E-state index >= 15 is 0 Å². The first-order chi connectivity index (χ1) is 9.72. The van der Waals surface area contributed by atoms with E-state index in [1.807, 2.05) is 11.9 Å². The number of amides is 1. The van der Waals surface area contributed by atoms with Crippen LogP contribution in [-0.2, 0) is 4.79 Å². The fraction of sp³-hybridized carbons (Fsp3) is 0.812. The van der Waals surface area contributed by atoms with Crippen LogP contribution in [0.4, 0.5) is 0 Å².